The molecule has 0 aromatic heterocycles. The van der Waals surface area contributed by atoms with E-state index in [4.69, 9.17) is 4.74 Å². The van der Waals surface area contributed by atoms with E-state index in [0.29, 0.717) is 12.1 Å². The summed E-state index contributed by atoms with van der Waals surface area (Å²) in [5.41, 5.74) is 2.98. The van der Waals surface area contributed by atoms with Gasteiger partial charge in [0.1, 0.15) is 5.75 Å². The minimum atomic E-state index is -0.0575. The maximum atomic E-state index is 12.0. The largest absolute Gasteiger partial charge is 0.497 e. The average Bonchev–Trinajstić information content (AvgIpc) is 2.59. The molecule has 3 nitrogen and oxygen atoms in total. The van der Waals surface area contributed by atoms with Gasteiger partial charge in [-0.15, -0.1) is 0 Å². The van der Waals surface area contributed by atoms with Crippen LogP contribution in [0.2, 0.25) is 0 Å². The van der Waals surface area contributed by atoms with E-state index in [1.54, 1.807) is 7.11 Å². The highest BCUT2D eigenvalue weighted by molar-refractivity contribution is 5.94. The van der Waals surface area contributed by atoms with Crippen LogP contribution >= 0.6 is 0 Å². The average molecular weight is 295 g/mol. The third-order valence-corrected chi connectivity index (χ3v) is 3.47. The van der Waals surface area contributed by atoms with Crippen LogP contribution in [0.15, 0.2) is 60.7 Å². The lowest BCUT2D eigenvalue weighted by atomic mass is 10.0. The van der Waals surface area contributed by atoms with E-state index in [0.717, 1.165) is 17.7 Å². The molecule has 2 aromatic rings. The second-order valence-corrected chi connectivity index (χ2v) is 4.89. The Kier molecular flexibility index (Phi) is 5.78. The summed E-state index contributed by atoms with van der Waals surface area (Å²) in [6.45, 7) is 2.61. The van der Waals surface area contributed by atoms with E-state index >= 15 is 0 Å². The summed E-state index contributed by atoms with van der Waals surface area (Å²) in [6, 6.07) is 17.2. The van der Waals surface area contributed by atoms with Crippen molar-refractivity contribution in [3.63, 3.8) is 0 Å². The molecule has 0 bridgehead atoms. The number of ether oxygens (including phenoxy) is 1. The molecule has 0 atom stereocenters. The Bertz CT molecular complexity index is 647. The monoisotopic (exact) mass is 295 g/mol. The number of hydrogen-bond donors (Lipinski definition) is 1. The number of benzene rings is 2. The summed E-state index contributed by atoms with van der Waals surface area (Å²) >= 11 is 0. The van der Waals surface area contributed by atoms with Crippen LogP contribution < -0.4 is 10.1 Å². The van der Waals surface area contributed by atoms with Gasteiger partial charge in [-0.05, 0) is 41.8 Å². The SMILES string of the molecule is CC/C(=C/CNC(=O)c1ccccc1)c1cccc(OC)c1. The minimum Gasteiger partial charge on any atom is -0.497 e. The number of carbonyl (C=O) groups excluding carboxylic acids is 1. The molecule has 114 valence electrons. The third kappa shape index (κ3) is 4.22. The van der Waals surface area contributed by atoms with Gasteiger partial charge in [-0.1, -0.05) is 43.3 Å². The summed E-state index contributed by atoms with van der Waals surface area (Å²) in [5.74, 6) is 0.781. The minimum absolute atomic E-state index is 0.0575. The van der Waals surface area contributed by atoms with Crippen LogP contribution in [0.25, 0.3) is 5.57 Å². The maximum Gasteiger partial charge on any atom is 0.251 e. The van der Waals surface area contributed by atoms with Gasteiger partial charge >= 0.3 is 0 Å². The number of carbonyl (C=O) groups is 1. The van der Waals surface area contributed by atoms with Gasteiger partial charge in [0.05, 0.1) is 7.11 Å². The Balaban J connectivity index is 2.02. The zero-order valence-corrected chi connectivity index (χ0v) is 13.0. The van der Waals surface area contributed by atoms with Gasteiger partial charge in [-0.25, -0.2) is 0 Å². The molecule has 1 N–H and O–H groups in total. The van der Waals surface area contributed by atoms with Gasteiger partial charge in [0, 0.05) is 12.1 Å². The van der Waals surface area contributed by atoms with E-state index in [1.165, 1.54) is 5.57 Å². The van der Waals surface area contributed by atoms with Crippen molar-refractivity contribution in [1.29, 1.82) is 0 Å². The van der Waals surface area contributed by atoms with Crippen molar-refractivity contribution in [2.75, 3.05) is 13.7 Å². The smallest absolute Gasteiger partial charge is 0.251 e. The van der Waals surface area contributed by atoms with Gasteiger partial charge in [0.15, 0.2) is 0 Å². The lowest BCUT2D eigenvalue weighted by Gasteiger charge is -2.08. The van der Waals surface area contributed by atoms with Gasteiger partial charge in [-0.2, -0.15) is 0 Å². The molecular weight excluding hydrogens is 274 g/mol. The predicted molar refractivity (Wildman–Crippen MR) is 90.0 cm³/mol. The fourth-order valence-electron chi connectivity index (χ4n) is 2.25. The standard InChI is InChI=1S/C19H21NO2/c1-3-15(17-10-7-11-18(14-17)22-2)12-13-20-19(21)16-8-5-4-6-9-16/h4-12,14H,3,13H2,1-2H3,(H,20,21)/b15-12-. The van der Waals surface area contributed by atoms with Crippen molar-refractivity contribution in [2.45, 2.75) is 13.3 Å². The Morgan fingerprint density at radius 1 is 1.09 bits per heavy atom. The van der Waals surface area contributed by atoms with Crippen molar-refractivity contribution < 1.29 is 9.53 Å². The highest BCUT2D eigenvalue weighted by Gasteiger charge is 2.04. The molecule has 2 aromatic carbocycles. The lowest BCUT2D eigenvalue weighted by Crippen LogP contribution is -2.23. The number of allylic oxidation sites excluding steroid dienone is 1. The van der Waals surface area contributed by atoms with Crippen molar-refractivity contribution in [3.8, 4) is 5.75 Å². The summed E-state index contributed by atoms with van der Waals surface area (Å²) in [6.07, 6.45) is 2.95. The van der Waals surface area contributed by atoms with Crippen LogP contribution in [-0.2, 0) is 0 Å². The van der Waals surface area contributed by atoms with Gasteiger partial charge in [-0.3, -0.25) is 4.79 Å². The van der Waals surface area contributed by atoms with Crippen molar-refractivity contribution >= 4 is 11.5 Å². The van der Waals surface area contributed by atoms with E-state index in [2.05, 4.69) is 24.4 Å². The maximum absolute atomic E-state index is 12.0. The first-order valence-corrected chi connectivity index (χ1v) is 7.41. The second kappa shape index (κ2) is 8.03. The summed E-state index contributed by atoms with van der Waals surface area (Å²) in [5, 5.41) is 2.92. The third-order valence-electron chi connectivity index (χ3n) is 3.47. The fourth-order valence-corrected chi connectivity index (χ4v) is 2.25. The first-order chi connectivity index (χ1) is 10.7. The molecule has 0 spiro atoms. The highest BCUT2D eigenvalue weighted by atomic mass is 16.5. The number of nitrogens with one attached hydrogen (secondary N) is 1. The molecule has 22 heavy (non-hydrogen) atoms. The van der Waals surface area contributed by atoms with Crippen LogP contribution in [0, 0.1) is 0 Å². The van der Waals surface area contributed by atoms with Crippen molar-refractivity contribution in [3.05, 3.63) is 71.8 Å². The van der Waals surface area contributed by atoms with E-state index in [9.17, 15) is 4.79 Å². The van der Waals surface area contributed by atoms with E-state index < -0.39 is 0 Å². The van der Waals surface area contributed by atoms with Crippen molar-refractivity contribution in [1.82, 2.24) is 5.32 Å². The van der Waals surface area contributed by atoms with Crippen LogP contribution in [0.4, 0.5) is 0 Å². The number of rotatable bonds is 6. The topological polar surface area (TPSA) is 38.3 Å². The van der Waals surface area contributed by atoms with Gasteiger partial charge in [0.2, 0.25) is 0 Å². The molecule has 0 saturated heterocycles. The zero-order valence-electron chi connectivity index (χ0n) is 13.0. The Labute approximate surface area is 131 Å². The Hall–Kier alpha value is -2.55. The van der Waals surface area contributed by atoms with Gasteiger partial charge in [0.25, 0.3) is 5.91 Å². The normalized spacial score (nSPS) is 11.1. The van der Waals surface area contributed by atoms with E-state index in [-0.39, 0.29) is 5.91 Å². The van der Waals surface area contributed by atoms with Crippen molar-refractivity contribution in [2.24, 2.45) is 0 Å². The zero-order chi connectivity index (χ0) is 15.8. The molecule has 0 aliphatic rings. The van der Waals surface area contributed by atoms with E-state index in [1.807, 2.05) is 48.5 Å². The first-order valence-electron chi connectivity index (χ1n) is 7.41. The predicted octanol–water partition coefficient (Wildman–Crippen LogP) is 3.92. The summed E-state index contributed by atoms with van der Waals surface area (Å²) in [7, 11) is 1.66. The summed E-state index contributed by atoms with van der Waals surface area (Å²) < 4.78 is 5.25. The molecule has 0 heterocycles. The van der Waals surface area contributed by atoms with Crippen LogP contribution in [0.3, 0.4) is 0 Å². The molecule has 3 heteroatoms. The molecule has 2 rings (SSSR count). The molecule has 0 fully saturated rings. The molecule has 0 unspecified atom stereocenters. The number of methoxy groups -OCH3 is 1. The Morgan fingerprint density at radius 3 is 2.50 bits per heavy atom. The lowest BCUT2D eigenvalue weighted by molar-refractivity contribution is 0.0958. The molecule has 0 radical (unpaired) electrons. The van der Waals surface area contributed by atoms with Gasteiger partial charge < -0.3 is 10.1 Å². The molecular formula is C19H21NO2. The first kappa shape index (κ1) is 15.8. The molecule has 0 aliphatic carbocycles. The molecule has 0 aliphatic heterocycles. The molecule has 1 amide bonds. The fraction of sp³-hybridized carbons (Fsp3) is 0.211. The van der Waals surface area contributed by atoms with Crippen LogP contribution in [0.5, 0.6) is 5.75 Å². The second-order valence-electron chi connectivity index (χ2n) is 4.89. The number of hydrogen-bond acceptors (Lipinski definition) is 2. The van der Waals surface area contributed by atoms with Crippen LogP contribution in [-0.4, -0.2) is 19.6 Å². The number of amides is 1. The molecule has 0 saturated carbocycles. The van der Waals surface area contributed by atoms with Crippen LogP contribution in [0.1, 0.15) is 29.3 Å². The quantitative estimate of drug-likeness (QED) is 0.877. The Morgan fingerprint density at radius 2 is 1.82 bits per heavy atom. The highest BCUT2D eigenvalue weighted by Crippen LogP contribution is 2.22. The summed E-state index contributed by atoms with van der Waals surface area (Å²) in [4.78, 5) is 12.0.